The molecular weight excluding hydrogens is 390 g/mol. The van der Waals surface area contributed by atoms with Crippen LogP contribution in [-0.4, -0.2) is 61.7 Å². The molecule has 0 unspecified atom stereocenters. The van der Waals surface area contributed by atoms with E-state index in [1.807, 2.05) is 0 Å². The fourth-order valence-corrected chi connectivity index (χ4v) is 5.46. The largest absolute Gasteiger partial charge is 0.349 e. The lowest BCUT2D eigenvalue weighted by atomic mass is 9.96. The predicted molar refractivity (Wildman–Crippen MR) is 111 cm³/mol. The van der Waals surface area contributed by atoms with Crippen molar-refractivity contribution >= 4 is 21.8 Å². The molecule has 1 aliphatic heterocycles. The molecule has 29 heavy (non-hydrogen) atoms. The Labute approximate surface area is 173 Å². The Balaban J connectivity index is 1.61. The fourth-order valence-electron chi connectivity index (χ4n) is 4.04. The summed E-state index contributed by atoms with van der Waals surface area (Å²) < 4.78 is 27.1. The average molecular weight is 422 g/mol. The third kappa shape index (κ3) is 5.57. The zero-order chi connectivity index (χ0) is 20.9. The van der Waals surface area contributed by atoms with Gasteiger partial charge in [0.15, 0.2) is 0 Å². The number of nitrogens with one attached hydrogen (secondary N) is 1. The second-order valence-corrected chi connectivity index (χ2v) is 9.89. The van der Waals surface area contributed by atoms with E-state index >= 15 is 0 Å². The minimum atomic E-state index is -3.63. The molecule has 1 saturated heterocycles. The van der Waals surface area contributed by atoms with Gasteiger partial charge in [-0.1, -0.05) is 32.1 Å². The van der Waals surface area contributed by atoms with Crippen LogP contribution in [0.25, 0.3) is 0 Å². The molecule has 2 amide bonds. The monoisotopic (exact) mass is 421 g/mol. The van der Waals surface area contributed by atoms with Crippen LogP contribution in [-0.2, 0) is 14.8 Å². The van der Waals surface area contributed by atoms with Gasteiger partial charge in [-0.15, -0.1) is 0 Å². The Kier molecular flexibility index (Phi) is 7.29. The molecule has 7 nitrogen and oxygen atoms in total. The third-order valence-electron chi connectivity index (χ3n) is 5.88. The van der Waals surface area contributed by atoms with E-state index in [1.54, 1.807) is 17.0 Å². The molecule has 2 aliphatic rings. The number of benzene rings is 1. The van der Waals surface area contributed by atoms with Crippen LogP contribution in [0.2, 0.25) is 0 Å². The van der Waals surface area contributed by atoms with Crippen LogP contribution in [0.15, 0.2) is 29.2 Å². The van der Waals surface area contributed by atoms with Crippen molar-refractivity contribution in [1.29, 1.82) is 0 Å². The molecule has 0 radical (unpaired) electrons. The number of carbonyl (C=O) groups is 2. The minimum Gasteiger partial charge on any atom is -0.349 e. The Hall–Kier alpha value is -1.93. The maximum atomic E-state index is 12.9. The highest BCUT2D eigenvalue weighted by Crippen LogP contribution is 2.20. The average Bonchev–Trinajstić information content (AvgIpc) is 2.70. The van der Waals surface area contributed by atoms with E-state index in [9.17, 15) is 18.0 Å². The highest BCUT2D eigenvalue weighted by atomic mass is 32.2. The van der Waals surface area contributed by atoms with Crippen LogP contribution in [0, 0.1) is 0 Å². The quantitative estimate of drug-likeness (QED) is 0.809. The molecular formula is C21H31N3O4S. The standard InChI is InChI=1S/C21H31N3O4S/c1-17(25)23-13-15-24(16-14-23)29(27,28)20-11-9-18(10-12-20)21(26)22-19-7-5-3-2-4-6-8-19/h9-12,19H,2-8,13-16H2,1H3,(H,22,26). The predicted octanol–water partition coefficient (Wildman–Crippen LogP) is 2.38. The van der Waals surface area contributed by atoms with Gasteiger partial charge in [0.1, 0.15) is 0 Å². The normalized spacial score (nSPS) is 20.0. The molecule has 0 aromatic heterocycles. The van der Waals surface area contributed by atoms with Gasteiger partial charge < -0.3 is 10.2 Å². The number of hydrogen-bond acceptors (Lipinski definition) is 4. The third-order valence-corrected chi connectivity index (χ3v) is 7.79. The fraction of sp³-hybridized carbons (Fsp3) is 0.619. The summed E-state index contributed by atoms with van der Waals surface area (Å²) in [5.41, 5.74) is 0.479. The van der Waals surface area contributed by atoms with Crippen LogP contribution < -0.4 is 5.32 Å². The van der Waals surface area contributed by atoms with Crippen LogP contribution in [0.4, 0.5) is 0 Å². The van der Waals surface area contributed by atoms with Gasteiger partial charge in [0.05, 0.1) is 4.90 Å². The molecule has 160 valence electrons. The van der Waals surface area contributed by atoms with Crippen LogP contribution in [0.5, 0.6) is 0 Å². The first-order chi connectivity index (χ1) is 13.9. The highest BCUT2D eigenvalue weighted by Gasteiger charge is 2.29. The zero-order valence-corrected chi connectivity index (χ0v) is 17.9. The van der Waals surface area contributed by atoms with Crippen molar-refractivity contribution in [2.24, 2.45) is 0 Å². The van der Waals surface area contributed by atoms with Crippen molar-refractivity contribution in [3.63, 3.8) is 0 Å². The molecule has 0 atom stereocenters. The van der Waals surface area contributed by atoms with Gasteiger partial charge in [-0.3, -0.25) is 9.59 Å². The molecule has 1 aromatic carbocycles. The Morgan fingerprint density at radius 1 is 0.897 bits per heavy atom. The lowest BCUT2D eigenvalue weighted by Crippen LogP contribution is -2.49. The van der Waals surface area contributed by atoms with Crippen molar-refractivity contribution < 1.29 is 18.0 Å². The smallest absolute Gasteiger partial charge is 0.251 e. The first kappa shape index (κ1) is 21.8. The van der Waals surface area contributed by atoms with Gasteiger partial charge >= 0.3 is 0 Å². The molecule has 1 heterocycles. The summed E-state index contributed by atoms with van der Waals surface area (Å²) in [5, 5.41) is 3.10. The molecule has 0 bridgehead atoms. The van der Waals surface area contributed by atoms with Crippen molar-refractivity contribution in [3.8, 4) is 0 Å². The number of hydrogen-bond donors (Lipinski definition) is 1. The van der Waals surface area contributed by atoms with E-state index in [-0.39, 0.29) is 35.8 Å². The topological polar surface area (TPSA) is 86.8 Å². The second kappa shape index (κ2) is 9.71. The zero-order valence-electron chi connectivity index (χ0n) is 17.1. The van der Waals surface area contributed by atoms with E-state index in [0.717, 1.165) is 25.7 Å². The molecule has 1 saturated carbocycles. The maximum Gasteiger partial charge on any atom is 0.251 e. The van der Waals surface area contributed by atoms with Gasteiger partial charge in [-0.2, -0.15) is 4.31 Å². The van der Waals surface area contributed by atoms with E-state index in [1.165, 1.54) is 42.6 Å². The first-order valence-electron chi connectivity index (χ1n) is 10.5. The van der Waals surface area contributed by atoms with Gasteiger partial charge in [0.2, 0.25) is 15.9 Å². The first-order valence-corrected chi connectivity index (χ1v) is 12.0. The maximum absolute atomic E-state index is 12.9. The molecule has 2 fully saturated rings. The Morgan fingerprint density at radius 3 is 2.00 bits per heavy atom. The number of sulfonamides is 1. The Morgan fingerprint density at radius 2 is 1.45 bits per heavy atom. The van der Waals surface area contributed by atoms with Gasteiger partial charge in [-0.05, 0) is 37.1 Å². The van der Waals surface area contributed by atoms with E-state index in [0.29, 0.717) is 18.7 Å². The number of amides is 2. The summed E-state index contributed by atoms with van der Waals surface area (Å²) in [5.74, 6) is -0.184. The van der Waals surface area contributed by atoms with Gasteiger partial charge in [-0.25, -0.2) is 8.42 Å². The van der Waals surface area contributed by atoms with Crippen LogP contribution >= 0.6 is 0 Å². The van der Waals surface area contributed by atoms with Crippen molar-refractivity contribution in [3.05, 3.63) is 29.8 Å². The summed E-state index contributed by atoms with van der Waals surface area (Å²) in [7, 11) is -3.63. The van der Waals surface area contributed by atoms with Gasteiger partial charge in [0.25, 0.3) is 5.91 Å². The van der Waals surface area contributed by atoms with Crippen molar-refractivity contribution in [2.75, 3.05) is 26.2 Å². The molecule has 1 aromatic rings. The summed E-state index contributed by atoms with van der Waals surface area (Å²) in [4.78, 5) is 25.8. The summed E-state index contributed by atoms with van der Waals surface area (Å²) >= 11 is 0. The number of nitrogens with zero attached hydrogens (tertiary/aromatic N) is 2. The summed E-state index contributed by atoms with van der Waals surface area (Å²) in [6.45, 7) is 2.86. The van der Waals surface area contributed by atoms with Crippen LogP contribution in [0.3, 0.4) is 0 Å². The summed E-state index contributed by atoms with van der Waals surface area (Å²) in [6, 6.07) is 6.36. The second-order valence-electron chi connectivity index (χ2n) is 7.95. The van der Waals surface area contributed by atoms with E-state index in [2.05, 4.69) is 5.32 Å². The Bertz CT molecular complexity index is 807. The number of carbonyl (C=O) groups excluding carboxylic acids is 2. The number of rotatable bonds is 4. The SMILES string of the molecule is CC(=O)N1CCN(S(=O)(=O)c2ccc(C(=O)NC3CCCCCCC3)cc2)CC1. The molecule has 1 N–H and O–H groups in total. The van der Waals surface area contributed by atoms with E-state index in [4.69, 9.17) is 0 Å². The van der Waals surface area contributed by atoms with Crippen molar-refractivity contribution in [2.45, 2.75) is 62.8 Å². The lowest BCUT2D eigenvalue weighted by Gasteiger charge is -2.33. The molecule has 1 aliphatic carbocycles. The number of piperazine rings is 1. The summed E-state index contributed by atoms with van der Waals surface area (Å²) in [6.07, 6.45) is 8.01. The van der Waals surface area contributed by atoms with E-state index < -0.39 is 10.0 Å². The lowest BCUT2D eigenvalue weighted by molar-refractivity contribution is -0.129. The van der Waals surface area contributed by atoms with Crippen molar-refractivity contribution in [1.82, 2.24) is 14.5 Å². The molecule has 8 heteroatoms. The highest BCUT2D eigenvalue weighted by molar-refractivity contribution is 7.89. The molecule has 0 spiro atoms. The molecule has 3 rings (SSSR count). The van der Waals surface area contributed by atoms with Gasteiger partial charge in [0, 0.05) is 44.7 Å². The minimum absolute atomic E-state index is 0.0401. The van der Waals surface area contributed by atoms with Crippen LogP contribution in [0.1, 0.15) is 62.2 Å².